The maximum Gasteiger partial charge on any atom is 0.131 e. The Kier molecular flexibility index (Phi) is 4.53. The third kappa shape index (κ3) is 3.33. The van der Waals surface area contributed by atoms with E-state index in [1.165, 1.54) is 6.07 Å². The van der Waals surface area contributed by atoms with Crippen LogP contribution in [0.3, 0.4) is 0 Å². The zero-order valence-electron chi connectivity index (χ0n) is 10.1. The summed E-state index contributed by atoms with van der Waals surface area (Å²) < 4.78 is 19.3. The summed E-state index contributed by atoms with van der Waals surface area (Å²) in [6.45, 7) is 0.140. The molecule has 2 aromatic rings. The second-order valence-electron chi connectivity index (χ2n) is 3.95. The van der Waals surface area contributed by atoms with Crippen molar-refractivity contribution < 1.29 is 9.13 Å². The lowest BCUT2D eigenvalue weighted by molar-refractivity contribution is 0.297. The van der Waals surface area contributed by atoms with Crippen LogP contribution in [0.4, 0.5) is 4.39 Å². The Morgan fingerprint density at radius 1 is 1.16 bits per heavy atom. The highest BCUT2D eigenvalue weighted by Crippen LogP contribution is 2.22. The molecule has 0 amide bonds. The predicted octanol–water partition coefficient (Wildman–Crippen LogP) is 4.17. The molecule has 2 aromatic carbocycles. The molecule has 0 saturated heterocycles. The second-order valence-corrected chi connectivity index (χ2v) is 4.51. The molecule has 0 N–H and O–H groups in total. The van der Waals surface area contributed by atoms with E-state index in [9.17, 15) is 4.39 Å². The summed E-state index contributed by atoms with van der Waals surface area (Å²) in [6, 6.07) is 13.9. The fourth-order valence-electron chi connectivity index (χ4n) is 1.64. The van der Waals surface area contributed by atoms with Crippen LogP contribution < -0.4 is 4.74 Å². The van der Waals surface area contributed by atoms with Crippen LogP contribution in [0.1, 0.15) is 16.7 Å². The number of para-hydroxylation sites is 1. The zero-order chi connectivity index (χ0) is 13.7. The number of rotatable bonds is 4. The number of halogens is 2. The van der Waals surface area contributed by atoms with E-state index in [4.69, 9.17) is 10.00 Å². The molecule has 96 valence electrons. The van der Waals surface area contributed by atoms with Crippen LogP contribution in [0, 0.1) is 17.1 Å². The van der Waals surface area contributed by atoms with Gasteiger partial charge in [-0.3, -0.25) is 0 Å². The highest BCUT2D eigenvalue weighted by molar-refractivity contribution is 9.08. The van der Waals surface area contributed by atoms with Gasteiger partial charge < -0.3 is 4.74 Å². The van der Waals surface area contributed by atoms with Crippen molar-refractivity contribution in [1.29, 1.82) is 5.26 Å². The van der Waals surface area contributed by atoms with Gasteiger partial charge in [0.15, 0.2) is 0 Å². The van der Waals surface area contributed by atoms with Gasteiger partial charge in [-0.25, -0.2) is 4.39 Å². The zero-order valence-corrected chi connectivity index (χ0v) is 11.7. The van der Waals surface area contributed by atoms with Crippen molar-refractivity contribution in [2.75, 3.05) is 0 Å². The molecular formula is C15H11BrFNO. The lowest BCUT2D eigenvalue weighted by Crippen LogP contribution is -2.00. The molecule has 2 rings (SSSR count). The Morgan fingerprint density at radius 3 is 2.63 bits per heavy atom. The lowest BCUT2D eigenvalue weighted by Gasteiger charge is -2.10. The van der Waals surface area contributed by atoms with Crippen LogP contribution in [-0.2, 0) is 11.9 Å². The Bertz CT molecular complexity index is 622. The summed E-state index contributed by atoms with van der Waals surface area (Å²) in [5.41, 5.74) is 1.75. The van der Waals surface area contributed by atoms with E-state index in [0.29, 0.717) is 16.5 Å². The minimum atomic E-state index is -0.421. The van der Waals surface area contributed by atoms with E-state index in [2.05, 4.69) is 15.9 Å². The first kappa shape index (κ1) is 13.6. The molecule has 0 fully saturated rings. The summed E-state index contributed by atoms with van der Waals surface area (Å²) in [6.07, 6.45) is 0. The molecule has 0 aliphatic carbocycles. The van der Waals surface area contributed by atoms with Crippen molar-refractivity contribution in [3.05, 3.63) is 65.0 Å². The summed E-state index contributed by atoms with van der Waals surface area (Å²) in [5, 5.41) is 9.36. The van der Waals surface area contributed by atoms with E-state index in [-0.39, 0.29) is 6.61 Å². The number of nitrogens with zero attached hydrogens (tertiary/aromatic N) is 1. The normalized spacial score (nSPS) is 9.95. The van der Waals surface area contributed by atoms with Gasteiger partial charge in [0.1, 0.15) is 18.2 Å². The van der Waals surface area contributed by atoms with Gasteiger partial charge in [-0.05, 0) is 18.2 Å². The SMILES string of the molecule is N#Cc1ccc(COc2ccccc2CBr)c(F)c1. The molecule has 0 aliphatic heterocycles. The number of hydrogen-bond acceptors (Lipinski definition) is 2. The standard InChI is InChI=1S/C15H11BrFNO/c16-8-12-3-1-2-4-15(12)19-10-13-6-5-11(9-18)7-14(13)17/h1-7H,8,10H2. The van der Waals surface area contributed by atoms with Crippen molar-refractivity contribution in [3.63, 3.8) is 0 Å². The topological polar surface area (TPSA) is 33.0 Å². The first-order chi connectivity index (χ1) is 9.24. The Morgan fingerprint density at radius 2 is 1.95 bits per heavy atom. The van der Waals surface area contributed by atoms with Crippen LogP contribution in [-0.4, -0.2) is 0 Å². The van der Waals surface area contributed by atoms with E-state index < -0.39 is 5.82 Å². The van der Waals surface area contributed by atoms with Gasteiger partial charge in [-0.1, -0.05) is 40.2 Å². The molecule has 0 spiro atoms. The van der Waals surface area contributed by atoms with Crippen molar-refractivity contribution >= 4 is 15.9 Å². The molecule has 0 radical (unpaired) electrons. The summed E-state index contributed by atoms with van der Waals surface area (Å²) >= 11 is 3.38. The van der Waals surface area contributed by atoms with Crippen molar-refractivity contribution in [2.24, 2.45) is 0 Å². The van der Waals surface area contributed by atoms with Gasteiger partial charge in [0.2, 0.25) is 0 Å². The van der Waals surface area contributed by atoms with Crippen LogP contribution in [0.2, 0.25) is 0 Å². The molecule has 19 heavy (non-hydrogen) atoms. The van der Waals surface area contributed by atoms with Crippen LogP contribution in [0.15, 0.2) is 42.5 Å². The Balaban J connectivity index is 2.13. The van der Waals surface area contributed by atoms with Gasteiger partial charge in [0.05, 0.1) is 11.6 Å². The first-order valence-corrected chi connectivity index (χ1v) is 6.82. The maximum atomic E-state index is 13.7. The second kappa shape index (κ2) is 6.35. The van der Waals surface area contributed by atoms with Gasteiger partial charge in [-0.15, -0.1) is 0 Å². The number of nitriles is 1. The fraction of sp³-hybridized carbons (Fsp3) is 0.133. The van der Waals surface area contributed by atoms with E-state index in [0.717, 1.165) is 11.3 Å². The predicted molar refractivity (Wildman–Crippen MR) is 74.5 cm³/mol. The third-order valence-electron chi connectivity index (χ3n) is 2.68. The highest BCUT2D eigenvalue weighted by Gasteiger charge is 2.06. The molecule has 0 atom stereocenters. The van der Waals surface area contributed by atoms with Crippen LogP contribution in [0.25, 0.3) is 0 Å². The van der Waals surface area contributed by atoms with Crippen LogP contribution in [0.5, 0.6) is 5.75 Å². The number of alkyl halides is 1. The molecule has 4 heteroatoms. The fourth-order valence-corrected chi connectivity index (χ4v) is 2.11. The minimum absolute atomic E-state index is 0.140. The highest BCUT2D eigenvalue weighted by atomic mass is 79.9. The molecule has 0 saturated carbocycles. The van der Waals surface area contributed by atoms with Crippen molar-refractivity contribution in [1.82, 2.24) is 0 Å². The molecule has 0 heterocycles. The Hall–Kier alpha value is -1.86. The number of benzene rings is 2. The molecular weight excluding hydrogens is 309 g/mol. The molecule has 0 unspecified atom stereocenters. The van der Waals surface area contributed by atoms with Gasteiger partial charge in [-0.2, -0.15) is 5.26 Å². The smallest absolute Gasteiger partial charge is 0.131 e. The van der Waals surface area contributed by atoms with Gasteiger partial charge >= 0.3 is 0 Å². The molecule has 2 nitrogen and oxygen atoms in total. The largest absolute Gasteiger partial charge is 0.488 e. The van der Waals surface area contributed by atoms with Crippen molar-refractivity contribution in [2.45, 2.75) is 11.9 Å². The van der Waals surface area contributed by atoms with Crippen LogP contribution >= 0.6 is 15.9 Å². The summed E-state index contributed by atoms with van der Waals surface area (Å²) in [5.74, 6) is 0.304. The van der Waals surface area contributed by atoms with E-state index in [1.54, 1.807) is 12.1 Å². The molecule has 0 aliphatic rings. The van der Waals surface area contributed by atoms with Gasteiger partial charge in [0, 0.05) is 16.5 Å². The number of ether oxygens (including phenoxy) is 1. The molecule has 0 aromatic heterocycles. The summed E-state index contributed by atoms with van der Waals surface area (Å²) in [7, 11) is 0. The van der Waals surface area contributed by atoms with E-state index in [1.807, 2.05) is 30.3 Å². The minimum Gasteiger partial charge on any atom is -0.488 e. The third-order valence-corrected chi connectivity index (χ3v) is 3.29. The molecule has 0 bridgehead atoms. The number of hydrogen-bond donors (Lipinski definition) is 0. The lowest BCUT2D eigenvalue weighted by atomic mass is 10.1. The monoisotopic (exact) mass is 319 g/mol. The van der Waals surface area contributed by atoms with E-state index >= 15 is 0 Å². The summed E-state index contributed by atoms with van der Waals surface area (Å²) in [4.78, 5) is 0. The average molecular weight is 320 g/mol. The quantitative estimate of drug-likeness (QED) is 0.792. The first-order valence-electron chi connectivity index (χ1n) is 5.70. The Labute approximate surface area is 119 Å². The maximum absolute atomic E-state index is 13.7. The average Bonchev–Trinajstić information content (AvgIpc) is 2.46. The van der Waals surface area contributed by atoms with Gasteiger partial charge in [0.25, 0.3) is 0 Å². The van der Waals surface area contributed by atoms with Crippen molar-refractivity contribution in [3.8, 4) is 11.8 Å².